The normalized spacial score (nSPS) is 22.0. The van der Waals surface area contributed by atoms with E-state index in [9.17, 15) is 4.79 Å². The van der Waals surface area contributed by atoms with E-state index in [0.717, 1.165) is 38.0 Å². The lowest BCUT2D eigenvalue weighted by Crippen LogP contribution is -2.37. The summed E-state index contributed by atoms with van der Waals surface area (Å²) in [5, 5.41) is 0. The quantitative estimate of drug-likeness (QED) is 0.771. The van der Waals surface area contributed by atoms with Crippen LogP contribution >= 0.6 is 0 Å². The van der Waals surface area contributed by atoms with Gasteiger partial charge >= 0.3 is 0 Å². The second-order valence-electron chi connectivity index (χ2n) is 7.97. The number of nitrogens with zero attached hydrogens (tertiary/aromatic N) is 2. The Morgan fingerprint density at radius 3 is 2.69 bits per heavy atom. The van der Waals surface area contributed by atoms with Gasteiger partial charge in [0.2, 0.25) is 0 Å². The third-order valence-corrected chi connectivity index (χ3v) is 6.18. The van der Waals surface area contributed by atoms with Crippen molar-refractivity contribution in [2.45, 2.75) is 44.9 Å². The van der Waals surface area contributed by atoms with Crippen LogP contribution in [0.5, 0.6) is 0 Å². The van der Waals surface area contributed by atoms with Crippen molar-refractivity contribution in [1.82, 2.24) is 9.88 Å². The largest absolute Gasteiger partial charge is 0.303 e. The van der Waals surface area contributed by atoms with Crippen molar-refractivity contribution in [3.63, 3.8) is 0 Å². The summed E-state index contributed by atoms with van der Waals surface area (Å²) in [6.45, 7) is 5.58. The number of aromatic nitrogens is 1. The Morgan fingerprint density at radius 1 is 1.08 bits per heavy atom. The third-order valence-electron chi connectivity index (χ3n) is 6.18. The van der Waals surface area contributed by atoms with Crippen molar-refractivity contribution < 1.29 is 4.79 Å². The molecule has 136 valence electrons. The number of hydrogen-bond donors (Lipinski definition) is 0. The molecule has 0 N–H and O–H groups in total. The lowest BCUT2D eigenvalue weighted by molar-refractivity contribution is 0.0936. The van der Waals surface area contributed by atoms with E-state index in [1.165, 1.54) is 24.0 Å². The van der Waals surface area contributed by atoms with Gasteiger partial charge < -0.3 is 4.90 Å². The zero-order valence-corrected chi connectivity index (χ0v) is 15.7. The topological polar surface area (TPSA) is 33.2 Å². The summed E-state index contributed by atoms with van der Waals surface area (Å²) >= 11 is 0. The number of aryl methyl sites for hydroxylation is 2. The molecule has 3 nitrogen and oxygen atoms in total. The second-order valence-corrected chi connectivity index (χ2v) is 7.97. The van der Waals surface area contributed by atoms with Crippen LogP contribution in [0.3, 0.4) is 0 Å². The second kappa shape index (κ2) is 7.71. The maximum Gasteiger partial charge on any atom is 0.181 e. The number of Topliss-reactive ketones (excluding diaryl/α,β-unsaturated/α-hetero) is 1. The van der Waals surface area contributed by atoms with Gasteiger partial charge in [-0.3, -0.25) is 9.78 Å². The molecule has 1 aromatic heterocycles. The minimum absolute atomic E-state index is 0.234. The Kier molecular flexibility index (Phi) is 5.16. The first-order valence-corrected chi connectivity index (χ1v) is 9.95. The van der Waals surface area contributed by atoms with Crippen molar-refractivity contribution >= 4 is 5.78 Å². The molecule has 3 heteroatoms. The average molecular weight is 348 g/mol. The van der Waals surface area contributed by atoms with E-state index < -0.39 is 0 Å². The summed E-state index contributed by atoms with van der Waals surface area (Å²) in [7, 11) is 0. The van der Waals surface area contributed by atoms with Crippen LogP contribution in [0, 0.1) is 12.8 Å². The molecule has 26 heavy (non-hydrogen) atoms. The summed E-state index contributed by atoms with van der Waals surface area (Å²) < 4.78 is 0. The predicted octanol–water partition coefficient (Wildman–Crippen LogP) is 4.40. The number of carbonyl (C=O) groups is 1. The fourth-order valence-corrected chi connectivity index (χ4v) is 4.70. The molecular formula is C23H28N2O. The SMILES string of the molecule is Cc1ccccc1C1CCN(C[C@@H]2CCc3cccnc3C(=O)C2)CC1. The molecule has 2 aromatic rings. The van der Waals surface area contributed by atoms with Gasteiger partial charge in [-0.25, -0.2) is 0 Å². The molecule has 1 aliphatic carbocycles. The number of rotatable bonds is 3. The van der Waals surface area contributed by atoms with Gasteiger partial charge in [-0.15, -0.1) is 0 Å². The summed E-state index contributed by atoms with van der Waals surface area (Å²) in [5.41, 5.74) is 4.80. The first-order valence-electron chi connectivity index (χ1n) is 9.95. The first kappa shape index (κ1) is 17.4. The number of likely N-dealkylation sites (tertiary alicyclic amines) is 1. The molecule has 0 saturated carbocycles. The molecular weight excluding hydrogens is 320 g/mol. The van der Waals surface area contributed by atoms with E-state index in [-0.39, 0.29) is 5.78 Å². The molecule has 0 unspecified atom stereocenters. The molecule has 2 aliphatic rings. The van der Waals surface area contributed by atoms with Crippen LogP contribution in [0.1, 0.15) is 58.8 Å². The molecule has 1 fully saturated rings. The number of pyridine rings is 1. The Morgan fingerprint density at radius 2 is 1.88 bits per heavy atom. The highest BCUT2D eigenvalue weighted by molar-refractivity contribution is 5.96. The van der Waals surface area contributed by atoms with E-state index in [0.29, 0.717) is 24.0 Å². The summed E-state index contributed by atoms with van der Waals surface area (Å²) in [5.74, 6) is 1.39. The Balaban J connectivity index is 1.34. The van der Waals surface area contributed by atoms with E-state index in [1.807, 2.05) is 6.07 Å². The van der Waals surface area contributed by atoms with Crippen molar-refractivity contribution in [3.8, 4) is 0 Å². The van der Waals surface area contributed by atoms with Crippen molar-refractivity contribution in [2.75, 3.05) is 19.6 Å². The minimum Gasteiger partial charge on any atom is -0.303 e. The number of fused-ring (bicyclic) bond motifs is 1. The molecule has 0 bridgehead atoms. The van der Waals surface area contributed by atoms with Crippen LogP contribution in [-0.2, 0) is 6.42 Å². The summed E-state index contributed by atoms with van der Waals surface area (Å²) in [6.07, 6.45) is 6.94. The van der Waals surface area contributed by atoms with Gasteiger partial charge in [-0.05, 0) is 80.3 Å². The molecule has 2 heterocycles. The van der Waals surface area contributed by atoms with E-state index in [2.05, 4.69) is 47.1 Å². The molecule has 4 rings (SSSR count). The van der Waals surface area contributed by atoms with Gasteiger partial charge in [0.05, 0.1) is 0 Å². The zero-order valence-electron chi connectivity index (χ0n) is 15.7. The maximum absolute atomic E-state index is 12.6. The number of hydrogen-bond acceptors (Lipinski definition) is 3. The van der Waals surface area contributed by atoms with Crippen molar-refractivity contribution in [3.05, 3.63) is 65.0 Å². The fraction of sp³-hybridized carbons (Fsp3) is 0.478. The molecule has 1 aromatic carbocycles. The van der Waals surface area contributed by atoms with Gasteiger partial charge in [0.15, 0.2) is 5.78 Å². The zero-order chi connectivity index (χ0) is 17.9. The van der Waals surface area contributed by atoms with Crippen LogP contribution in [0.2, 0.25) is 0 Å². The van der Waals surface area contributed by atoms with Crippen LogP contribution in [0.15, 0.2) is 42.6 Å². The summed E-state index contributed by atoms with van der Waals surface area (Å²) in [6, 6.07) is 12.8. The maximum atomic E-state index is 12.6. The van der Waals surface area contributed by atoms with Crippen LogP contribution < -0.4 is 0 Å². The highest BCUT2D eigenvalue weighted by Crippen LogP contribution is 2.31. The third kappa shape index (κ3) is 3.73. The van der Waals surface area contributed by atoms with Gasteiger partial charge in [0.25, 0.3) is 0 Å². The van der Waals surface area contributed by atoms with Crippen LogP contribution in [0.25, 0.3) is 0 Å². The van der Waals surface area contributed by atoms with Crippen LogP contribution in [-0.4, -0.2) is 35.3 Å². The Hall–Kier alpha value is -2.00. The summed E-state index contributed by atoms with van der Waals surface area (Å²) in [4.78, 5) is 19.5. The lowest BCUT2D eigenvalue weighted by atomic mass is 9.86. The van der Waals surface area contributed by atoms with Gasteiger partial charge in [-0.2, -0.15) is 0 Å². The predicted molar refractivity (Wildman–Crippen MR) is 105 cm³/mol. The lowest BCUT2D eigenvalue weighted by Gasteiger charge is -2.34. The minimum atomic E-state index is 0.234. The molecule has 1 atom stereocenters. The van der Waals surface area contributed by atoms with Gasteiger partial charge in [0, 0.05) is 19.2 Å². The van der Waals surface area contributed by atoms with Gasteiger partial charge in [0.1, 0.15) is 5.69 Å². The molecule has 0 radical (unpaired) electrons. The average Bonchev–Trinajstić information content (AvgIpc) is 2.82. The highest BCUT2D eigenvalue weighted by Gasteiger charge is 2.27. The van der Waals surface area contributed by atoms with Crippen molar-refractivity contribution in [1.29, 1.82) is 0 Å². The Labute approximate surface area is 156 Å². The smallest absolute Gasteiger partial charge is 0.181 e. The monoisotopic (exact) mass is 348 g/mol. The highest BCUT2D eigenvalue weighted by atomic mass is 16.1. The number of piperidine rings is 1. The number of benzene rings is 1. The van der Waals surface area contributed by atoms with E-state index in [1.54, 1.807) is 6.20 Å². The first-order chi connectivity index (χ1) is 12.7. The molecule has 1 saturated heterocycles. The number of carbonyl (C=O) groups excluding carboxylic acids is 1. The number of ketones is 1. The molecule has 1 aliphatic heterocycles. The standard InChI is InChI=1S/C23H28N2O/c1-17-5-2-3-7-21(17)19-10-13-25(14-11-19)16-18-8-9-20-6-4-12-24-23(20)22(26)15-18/h2-7,12,18-19H,8-11,13-16H2,1H3/t18-/m1/s1. The fourth-order valence-electron chi connectivity index (χ4n) is 4.70. The van der Waals surface area contributed by atoms with E-state index in [4.69, 9.17) is 0 Å². The van der Waals surface area contributed by atoms with Crippen molar-refractivity contribution in [2.24, 2.45) is 5.92 Å². The van der Waals surface area contributed by atoms with Crippen LogP contribution in [0.4, 0.5) is 0 Å². The van der Waals surface area contributed by atoms with Gasteiger partial charge in [-0.1, -0.05) is 30.3 Å². The van der Waals surface area contributed by atoms with E-state index >= 15 is 0 Å². The molecule has 0 amide bonds. The Bertz CT molecular complexity index is 777. The molecule has 0 spiro atoms.